The first-order valence-electron chi connectivity index (χ1n) is 10.7. The second kappa shape index (κ2) is 9.55. The Bertz CT molecular complexity index is 1190. The molecule has 0 spiro atoms. The minimum atomic E-state index is -0.601. The Kier molecular flexibility index (Phi) is 6.56. The fraction of sp³-hybridized carbons (Fsp3) is 0.231. The van der Waals surface area contributed by atoms with Crippen LogP contribution < -0.4 is 19.7 Å². The van der Waals surface area contributed by atoms with Crippen LogP contribution in [0.4, 0.5) is 11.4 Å². The number of nitrogens with zero attached hydrogens (tertiary/aromatic N) is 1. The van der Waals surface area contributed by atoms with Gasteiger partial charge in [-0.25, -0.2) is 0 Å². The van der Waals surface area contributed by atoms with Crippen molar-refractivity contribution in [1.82, 2.24) is 0 Å². The average molecular weight is 465 g/mol. The molecule has 3 aromatic rings. The molecule has 170 valence electrons. The van der Waals surface area contributed by atoms with Gasteiger partial charge in [-0.3, -0.25) is 9.59 Å². The van der Waals surface area contributed by atoms with Crippen molar-refractivity contribution in [2.75, 3.05) is 16.8 Å². The smallest absolute Gasteiger partial charge is 0.268 e. The van der Waals surface area contributed by atoms with E-state index in [4.69, 9.17) is 21.1 Å². The van der Waals surface area contributed by atoms with Crippen LogP contribution in [0.5, 0.6) is 11.5 Å². The summed E-state index contributed by atoms with van der Waals surface area (Å²) in [5.41, 5.74) is 4.19. The van der Waals surface area contributed by atoms with Gasteiger partial charge in [0.05, 0.1) is 12.2 Å². The lowest BCUT2D eigenvalue weighted by Crippen LogP contribution is -2.44. The molecule has 4 rings (SSSR count). The van der Waals surface area contributed by atoms with Crippen LogP contribution in [0, 0.1) is 13.8 Å². The Morgan fingerprint density at radius 3 is 2.64 bits per heavy atom. The number of ether oxygens (including phenoxy) is 2. The first-order chi connectivity index (χ1) is 15.8. The molecular weight excluding hydrogens is 440 g/mol. The second-order valence-corrected chi connectivity index (χ2v) is 8.46. The third kappa shape index (κ3) is 5.12. The summed E-state index contributed by atoms with van der Waals surface area (Å²) in [6.45, 7) is 5.92. The van der Waals surface area contributed by atoms with Gasteiger partial charge in [0, 0.05) is 10.7 Å². The van der Waals surface area contributed by atoms with E-state index in [-0.39, 0.29) is 18.4 Å². The number of hydrogen-bond donors (Lipinski definition) is 1. The van der Waals surface area contributed by atoms with Crippen molar-refractivity contribution in [2.45, 2.75) is 33.4 Å². The molecule has 0 saturated heterocycles. The van der Waals surface area contributed by atoms with Crippen molar-refractivity contribution < 1.29 is 19.1 Å². The van der Waals surface area contributed by atoms with E-state index in [1.165, 1.54) is 0 Å². The van der Waals surface area contributed by atoms with Gasteiger partial charge in [0.25, 0.3) is 11.8 Å². The van der Waals surface area contributed by atoms with Crippen LogP contribution in [0.1, 0.15) is 23.6 Å². The first-order valence-corrected chi connectivity index (χ1v) is 11.0. The van der Waals surface area contributed by atoms with Crippen molar-refractivity contribution in [2.24, 2.45) is 0 Å². The molecule has 6 nitrogen and oxygen atoms in total. The van der Waals surface area contributed by atoms with E-state index in [9.17, 15) is 9.59 Å². The molecule has 1 aliphatic rings. The number of fused-ring (bicyclic) bond motifs is 1. The highest BCUT2D eigenvalue weighted by atomic mass is 35.5. The summed E-state index contributed by atoms with van der Waals surface area (Å²) in [4.78, 5) is 27.1. The molecule has 2 amide bonds. The Labute approximate surface area is 198 Å². The summed E-state index contributed by atoms with van der Waals surface area (Å²) in [6, 6.07) is 18.3. The zero-order chi connectivity index (χ0) is 23.5. The van der Waals surface area contributed by atoms with Crippen LogP contribution in [-0.2, 0) is 16.1 Å². The molecule has 1 atom stereocenters. The number of carbonyl (C=O) groups excluding carboxylic acids is 2. The normalized spacial score (nSPS) is 15.0. The fourth-order valence-corrected chi connectivity index (χ4v) is 3.77. The largest absolute Gasteiger partial charge is 0.483 e. The van der Waals surface area contributed by atoms with Crippen LogP contribution in [-0.4, -0.2) is 24.5 Å². The number of halogens is 1. The van der Waals surface area contributed by atoms with E-state index in [1.807, 2.05) is 44.2 Å². The maximum absolute atomic E-state index is 12.9. The zero-order valence-corrected chi connectivity index (χ0v) is 19.5. The number of carbonyl (C=O) groups is 2. The number of rotatable bonds is 6. The van der Waals surface area contributed by atoms with Crippen LogP contribution in [0.15, 0.2) is 60.7 Å². The Morgan fingerprint density at radius 1 is 1.12 bits per heavy atom. The molecule has 0 aromatic heterocycles. The van der Waals surface area contributed by atoms with E-state index in [0.717, 1.165) is 16.7 Å². The molecule has 1 N–H and O–H groups in total. The summed E-state index contributed by atoms with van der Waals surface area (Å²) in [7, 11) is 0. The molecule has 1 unspecified atom stereocenters. The van der Waals surface area contributed by atoms with Gasteiger partial charge in [-0.1, -0.05) is 35.9 Å². The van der Waals surface area contributed by atoms with Crippen LogP contribution in [0.2, 0.25) is 5.02 Å². The minimum absolute atomic E-state index is 0.123. The average Bonchev–Trinajstić information content (AvgIpc) is 2.79. The lowest BCUT2D eigenvalue weighted by Gasteiger charge is -2.33. The molecular formula is C26H25ClN2O4. The van der Waals surface area contributed by atoms with Crippen LogP contribution >= 0.6 is 11.6 Å². The highest BCUT2D eigenvalue weighted by Gasteiger charge is 2.31. The Morgan fingerprint density at radius 2 is 1.88 bits per heavy atom. The van der Waals surface area contributed by atoms with Crippen LogP contribution in [0.25, 0.3) is 0 Å². The minimum Gasteiger partial charge on any atom is -0.483 e. The number of hydrogen-bond acceptors (Lipinski definition) is 4. The molecule has 7 heteroatoms. The Hall–Kier alpha value is -3.51. The number of benzene rings is 3. The topological polar surface area (TPSA) is 67.9 Å². The summed E-state index contributed by atoms with van der Waals surface area (Å²) in [5, 5.41) is 3.47. The second-order valence-electron chi connectivity index (χ2n) is 8.03. The van der Waals surface area contributed by atoms with E-state index < -0.39 is 6.10 Å². The molecule has 3 aromatic carbocycles. The van der Waals surface area contributed by atoms with Gasteiger partial charge in [-0.05, 0) is 73.9 Å². The molecule has 0 aliphatic carbocycles. The molecule has 33 heavy (non-hydrogen) atoms. The highest BCUT2D eigenvalue weighted by molar-refractivity contribution is 6.30. The molecule has 1 aliphatic heterocycles. The highest BCUT2D eigenvalue weighted by Crippen LogP contribution is 2.37. The molecule has 0 radical (unpaired) electrons. The fourth-order valence-electron chi connectivity index (χ4n) is 3.64. The van der Waals surface area contributed by atoms with Gasteiger partial charge >= 0.3 is 0 Å². The van der Waals surface area contributed by atoms with Crippen LogP contribution in [0.3, 0.4) is 0 Å². The summed E-state index contributed by atoms with van der Waals surface area (Å²) in [5.74, 6) is 0.814. The van der Waals surface area contributed by atoms with E-state index >= 15 is 0 Å². The summed E-state index contributed by atoms with van der Waals surface area (Å²) >= 11 is 5.99. The van der Waals surface area contributed by atoms with Gasteiger partial charge < -0.3 is 19.7 Å². The lowest BCUT2D eigenvalue weighted by molar-refractivity contribution is -0.125. The van der Waals surface area contributed by atoms with Crippen molar-refractivity contribution in [3.8, 4) is 11.5 Å². The maximum Gasteiger partial charge on any atom is 0.268 e. The van der Waals surface area contributed by atoms with Gasteiger partial charge in [-0.2, -0.15) is 0 Å². The third-order valence-corrected chi connectivity index (χ3v) is 5.87. The Balaban J connectivity index is 1.50. The van der Waals surface area contributed by atoms with Crippen molar-refractivity contribution >= 4 is 34.8 Å². The standard InChI is InChI=1S/C26H25ClN2O4/c1-16-5-4-6-23(17(16)2)32-15-25(30)28-21-11-12-24-22(13-21)29(26(31)18(3)33-24)14-19-7-9-20(27)10-8-19/h4-13,18H,14-15H2,1-3H3,(H,28,30). The summed E-state index contributed by atoms with van der Waals surface area (Å²) < 4.78 is 11.5. The lowest BCUT2D eigenvalue weighted by atomic mass is 10.1. The van der Waals surface area contributed by atoms with Gasteiger partial charge in [0.1, 0.15) is 11.5 Å². The number of aryl methyl sites for hydroxylation is 1. The predicted molar refractivity (Wildman–Crippen MR) is 129 cm³/mol. The monoisotopic (exact) mass is 464 g/mol. The third-order valence-electron chi connectivity index (χ3n) is 5.62. The van der Waals surface area contributed by atoms with Gasteiger partial charge in [-0.15, -0.1) is 0 Å². The van der Waals surface area contributed by atoms with E-state index in [0.29, 0.717) is 34.4 Å². The van der Waals surface area contributed by atoms with Gasteiger partial charge in [0.2, 0.25) is 0 Å². The van der Waals surface area contributed by atoms with Crippen molar-refractivity contribution in [3.63, 3.8) is 0 Å². The number of anilines is 2. The molecule has 1 heterocycles. The molecule has 0 bridgehead atoms. The number of amides is 2. The molecule has 0 fully saturated rings. The van der Waals surface area contributed by atoms with E-state index in [2.05, 4.69) is 5.32 Å². The molecule has 0 saturated carbocycles. The predicted octanol–water partition coefficient (Wildman–Crippen LogP) is 5.29. The van der Waals surface area contributed by atoms with Crippen molar-refractivity contribution in [3.05, 3.63) is 82.4 Å². The SMILES string of the molecule is Cc1cccc(OCC(=O)Nc2ccc3c(c2)N(Cc2ccc(Cl)cc2)C(=O)C(C)O3)c1C. The van der Waals surface area contributed by atoms with E-state index in [1.54, 1.807) is 42.2 Å². The van der Waals surface area contributed by atoms with Gasteiger partial charge in [0.15, 0.2) is 12.7 Å². The zero-order valence-electron chi connectivity index (χ0n) is 18.7. The first kappa shape index (κ1) is 22.7. The van der Waals surface area contributed by atoms with Crippen molar-refractivity contribution in [1.29, 1.82) is 0 Å². The quantitative estimate of drug-likeness (QED) is 0.538. The maximum atomic E-state index is 12.9. The summed E-state index contributed by atoms with van der Waals surface area (Å²) in [6.07, 6.45) is -0.601. The number of nitrogens with one attached hydrogen (secondary N) is 1.